The number of rotatable bonds is 5. The van der Waals surface area contributed by atoms with Crippen molar-refractivity contribution in [3.8, 4) is 0 Å². The van der Waals surface area contributed by atoms with Crippen molar-refractivity contribution in [3.05, 3.63) is 77.4 Å². The fraction of sp³-hybridized carbons (Fsp3) is 0.174. The first kappa shape index (κ1) is 22.6. The van der Waals surface area contributed by atoms with E-state index in [1.807, 2.05) is 18.2 Å². The van der Waals surface area contributed by atoms with Crippen LogP contribution < -0.4 is 9.62 Å². The number of carbonyl (C=O) groups excluding carboxylic acids is 1. The van der Waals surface area contributed by atoms with E-state index in [0.29, 0.717) is 36.8 Å². The zero-order chi connectivity index (χ0) is 23.7. The molecule has 1 saturated heterocycles. The molecule has 174 valence electrons. The first-order valence-corrected chi connectivity index (χ1v) is 13.2. The van der Waals surface area contributed by atoms with Crippen molar-refractivity contribution in [2.45, 2.75) is 5.03 Å². The number of nitrogens with one attached hydrogen (secondary N) is 1. The number of thiazole rings is 1. The van der Waals surface area contributed by atoms with Crippen molar-refractivity contribution < 1.29 is 13.2 Å². The lowest BCUT2D eigenvalue weighted by Crippen LogP contribution is -2.48. The van der Waals surface area contributed by atoms with E-state index in [1.165, 1.54) is 23.6 Å². The van der Waals surface area contributed by atoms with Gasteiger partial charge in [0.25, 0.3) is 15.9 Å². The zero-order valence-corrected chi connectivity index (χ0v) is 20.3. The number of carbonyl (C=O) groups is 1. The Labute approximate surface area is 205 Å². The molecule has 0 spiro atoms. The first-order chi connectivity index (χ1) is 16.4. The average Bonchev–Trinajstić information content (AvgIpc) is 3.30. The molecule has 11 heteroatoms. The summed E-state index contributed by atoms with van der Waals surface area (Å²) in [6.45, 7) is 2.21. The van der Waals surface area contributed by atoms with Crippen molar-refractivity contribution in [1.29, 1.82) is 0 Å². The van der Waals surface area contributed by atoms with Crippen molar-refractivity contribution in [3.63, 3.8) is 0 Å². The molecule has 2 aromatic heterocycles. The van der Waals surface area contributed by atoms with E-state index in [0.717, 1.165) is 15.3 Å². The van der Waals surface area contributed by atoms with Crippen LogP contribution in [-0.2, 0) is 10.0 Å². The van der Waals surface area contributed by atoms with Crippen molar-refractivity contribution >= 4 is 59.9 Å². The van der Waals surface area contributed by atoms with Gasteiger partial charge in [-0.25, -0.2) is 9.97 Å². The maximum atomic E-state index is 13.3. The number of benzene rings is 2. The van der Waals surface area contributed by atoms with Gasteiger partial charge in [0.2, 0.25) is 0 Å². The Morgan fingerprint density at radius 3 is 2.47 bits per heavy atom. The fourth-order valence-corrected chi connectivity index (χ4v) is 6.11. The molecular formula is C23H20ClN5O3S2. The monoisotopic (exact) mass is 513 g/mol. The quantitative estimate of drug-likeness (QED) is 0.431. The minimum atomic E-state index is -3.92. The number of hydrogen-bond donors (Lipinski definition) is 1. The van der Waals surface area contributed by atoms with Crippen LogP contribution in [-0.4, -0.2) is 55.4 Å². The summed E-state index contributed by atoms with van der Waals surface area (Å²) in [6, 6.07) is 16.9. The number of anilines is 2. The highest BCUT2D eigenvalue weighted by atomic mass is 35.5. The summed E-state index contributed by atoms with van der Waals surface area (Å²) in [6.07, 6.45) is 1.41. The van der Waals surface area contributed by atoms with E-state index in [-0.39, 0.29) is 16.6 Å². The number of halogens is 1. The minimum Gasteiger partial charge on any atom is -0.345 e. The fourth-order valence-electron chi connectivity index (χ4n) is 3.77. The van der Waals surface area contributed by atoms with E-state index in [9.17, 15) is 13.2 Å². The van der Waals surface area contributed by atoms with E-state index in [2.05, 4.69) is 19.6 Å². The Bertz CT molecular complexity index is 1450. The lowest BCUT2D eigenvalue weighted by atomic mass is 10.1. The van der Waals surface area contributed by atoms with Crippen LogP contribution in [0.25, 0.3) is 10.2 Å². The molecule has 34 heavy (non-hydrogen) atoms. The van der Waals surface area contributed by atoms with Crippen LogP contribution in [0.2, 0.25) is 5.02 Å². The third-order valence-corrected chi connectivity index (χ3v) is 8.38. The summed E-state index contributed by atoms with van der Waals surface area (Å²) in [7, 11) is -3.92. The molecule has 0 bridgehead atoms. The topological polar surface area (TPSA) is 95.5 Å². The second-order valence-corrected chi connectivity index (χ2v) is 10.7. The number of fused-ring (bicyclic) bond motifs is 1. The second kappa shape index (κ2) is 9.21. The van der Waals surface area contributed by atoms with Gasteiger partial charge in [-0.05, 0) is 36.4 Å². The molecule has 4 aromatic rings. The SMILES string of the molecule is O=C(c1ccccc1NS(=O)(=O)c1ccccn1)N1CCN(c2nc3cccc(Cl)c3s2)CC1. The van der Waals surface area contributed by atoms with Crippen LogP contribution in [0.15, 0.2) is 71.9 Å². The van der Waals surface area contributed by atoms with Crippen LogP contribution >= 0.6 is 22.9 Å². The molecular weight excluding hydrogens is 494 g/mol. The number of sulfonamides is 1. The third kappa shape index (κ3) is 4.44. The van der Waals surface area contributed by atoms with Gasteiger partial charge < -0.3 is 9.80 Å². The number of hydrogen-bond acceptors (Lipinski definition) is 7. The maximum Gasteiger partial charge on any atom is 0.279 e. The molecule has 0 saturated carbocycles. The van der Waals surface area contributed by atoms with Gasteiger partial charge in [0, 0.05) is 32.4 Å². The number of aromatic nitrogens is 2. The molecule has 0 atom stereocenters. The average molecular weight is 514 g/mol. The summed E-state index contributed by atoms with van der Waals surface area (Å²) in [5.74, 6) is -0.230. The Morgan fingerprint density at radius 1 is 0.971 bits per heavy atom. The van der Waals surface area contributed by atoms with E-state index >= 15 is 0 Å². The number of amides is 1. The van der Waals surface area contributed by atoms with Gasteiger partial charge >= 0.3 is 0 Å². The highest BCUT2D eigenvalue weighted by Gasteiger charge is 2.27. The largest absolute Gasteiger partial charge is 0.345 e. The predicted octanol–water partition coefficient (Wildman–Crippen LogP) is 4.11. The predicted molar refractivity (Wildman–Crippen MR) is 134 cm³/mol. The van der Waals surface area contributed by atoms with Crippen molar-refractivity contribution in [2.24, 2.45) is 0 Å². The van der Waals surface area contributed by atoms with Gasteiger partial charge in [-0.1, -0.05) is 47.2 Å². The molecule has 0 unspecified atom stereocenters. The Balaban J connectivity index is 1.31. The molecule has 3 heterocycles. The van der Waals surface area contributed by atoms with E-state index in [1.54, 1.807) is 41.3 Å². The van der Waals surface area contributed by atoms with Gasteiger partial charge in [-0.2, -0.15) is 8.42 Å². The van der Waals surface area contributed by atoms with Gasteiger partial charge in [0.15, 0.2) is 10.2 Å². The smallest absolute Gasteiger partial charge is 0.279 e. The summed E-state index contributed by atoms with van der Waals surface area (Å²) < 4.78 is 28.9. The van der Waals surface area contributed by atoms with Crippen LogP contribution in [0.1, 0.15) is 10.4 Å². The van der Waals surface area contributed by atoms with E-state index in [4.69, 9.17) is 11.6 Å². The van der Waals surface area contributed by atoms with Crippen LogP contribution in [0, 0.1) is 0 Å². The van der Waals surface area contributed by atoms with Crippen molar-refractivity contribution in [1.82, 2.24) is 14.9 Å². The molecule has 0 aliphatic carbocycles. The van der Waals surface area contributed by atoms with Crippen LogP contribution in [0.5, 0.6) is 0 Å². The first-order valence-electron chi connectivity index (χ1n) is 10.5. The second-order valence-electron chi connectivity index (χ2n) is 7.68. The minimum absolute atomic E-state index is 0.109. The molecule has 1 aliphatic rings. The number of pyridine rings is 1. The molecule has 1 fully saturated rings. The summed E-state index contributed by atoms with van der Waals surface area (Å²) in [5.41, 5.74) is 1.38. The molecule has 5 rings (SSSR count). The van der Waals surface area contributed by atoms with Crippen LogP contribution in [0.3, 0.4) is 0 Å². The summed E-state index contributed by atoms with van der Waals surface area (Å²) in [4.78, 5) is 25.8. The lowest BCUT2D eigenvalue weighted by Gasteiger charge is -2.34. The third-order valence-electron chi connectivity index (χ3n) is 5.51. The molecule has 1 aliphatic heterocycles. The molecule has 0 radical (unpaired) electrons. The number of piperazine rings is 1. The maximum absolute atomic E-state index is 13.3. The number of para-hydroxylation sites is 1. The Kier molecular flexibility index (Phi) is 6.11. The summed E-state index contributed by atoms with van der Waals surface area (Å²) in [5, 5.41) is 1.44. The van der Waals surface area contributed by atoms with Crippen molar-refractivity contribution in [2.75, 3.05) is 35.8 Å². The standard InChI is InChI=1S/C23H20ClN5O3S2/c24-17-7-5-9-19-21(17)33-23(26-19)29-14-12-28(13-15-29)22(30)16-6-1-2-8-18(16)27-34(31,32)20-10-3-4-11-25-20/h1-11,27H,12-15H2. The van der Waals surface area contributed by atoms with E-state index < -0.39 is 10.0 Å². The highest BCUT2D eigenvalue weighted by molar-refractivity contribution is 7.92. The van der Waals surface area contributed by atoms with Crippen LogP contribution in [0.4, 0.5) is 10.8 Å². The Morgan fingerprint density at radius 2 is 1.74 bits per heavy atom. The van der Waals surface area contributed by atoms with Gasteiger partial charge in [-0.15, -0.1) is 0 Å². The normalized spacial score (nSPS) is 14.4. The van der Waals surface area contributed by atoms with Gasteiger partial charge in [0.1, 0.15) is 0 Å². The highest BCUT2D eigenvalue weighted by Crippen LogP contribution is 2.34. The lowest BCUT2D eigenvalue weighted by molar-refractivity contribution is 0.0748. The molecule has 1 amide bonds. The molecule has 8 nitrogen and oxygen atoms in total. The zero-order valence-electron chi connectivity index (χ0n) is 17.9. The van der Waals surface area contributed by atoms with Gasteiger partial charge in [0.05, 0.1) is 26.5 Å². The molecule has 2 aromatic carbocycles. The number of nitrogens with zero attached hydrogens (tertiary/aromatic N) is 4. The Hall–Kier alpha value is -3.21. The molecule has 1 N–H and O–H groups in total. The summed E-state index contributed by atoms with van der Waals surface area (Å²) >= 11 is 7.83. The van der Waals surface area contributed by atoms with Gasteiger partial charge in [-0.3, -0.25) is 9.52 Å².